The quantitative estimate of drug-likeness (QED) is 0.608. The zero-order chi connectivity index (χ0) is 5.28. The summed E-state index contributed by atoms with van der Waals surface area (Å²) in [6.07, 6.45) is 2.76. The third kappa shape index (κ3) is 1.42. The minimum atomic E-state index is 0.604. The molecule has 1 atom stereocenters. The Labute approximate surface area is 52.4 Å². The van der Waals surface area contributed by atoms with Gasteiger partial charge in [-0.1, -0.05) is 15.9 Å². The van der Waals surface area contributed by atoms with E-state index in [0.29, 0.717) is 4.83 Å². The van der Waals surface area contributed by atoms with Crippen LogP contribution in [0.25, 0.3) is 0 Å². The van der Waals surface area contributed by atoms with E-state index in [1.165, 1.54) is 12.8 Å². The molecule has 1 rings (SSSR count). The third-order valence-electron chi connectivity index (χ3n) is 1.36. The van der Waals surface area contributed by atoms with E-state index in [4.69, 9.17) is 5.73 Å². The Morgan fingerprint density at radius 1 is 1.71 bits per heavy atom. The monoisotopic (exact) mass is 163 g/mol. The van der Waals surface area contributed by atoms with Crippen LogP contribution in [0.4, 0.5) is 0 Å². The molecule has 0 bridgehead atoms. The van der Waals surface area contributed by atoms with E-state index in [-0.39, 0.29) is 0 Å². The molecular formula is C5H10BrN. The lowest BCUT2D eigenvalue weighted by atomic mass is 10.3. The van der Waals surface area contributed by atoms with Crippen LogP contribution in [0.15, 0.2) is 0 Å². The van der Waals surface area contributed by atoms with Crippen molar-refractivity contribution in [3.63, 3.8) is 0 Å². The number of hydrogen-bond donors (Lipinski definition) is 1. The molecular weight excluding hydrogens is 154 g/mol. The van der Waals surface area contributed by atoms with Gasteiger partial charge in [0.2, 0.25) is 0 Å². The highest BCUT2D eigenvalue weighted by atomic mass is 79.9. The highest BCUT2D eigenvalue weighted by Gasteiger charge is 2.27. The van der Waals surface area contributed by atoms with Gasteiger partial charge < -0.3 is 5.73 Å². The third-order valence-corrected chi connectivity index (χ3v) is 2.48. The van der Waals surface area contributed by atoms with Crippen LogP contribution in [0, 0.1) is 5.92 Å². The van der Waals surface area contributed by atoms with Crippen molar-refractivity contribution in [1.29, 1.82) is 0 Å². The zero-order valence-corrected chi connectivity index (χ0v) is 5.82. The van der Waals surface area contributed by atoms with E-state index >= 15 is 0 Å². The molecule has 0 spiro atoms. The molecule has 0 radical (unpaired) electrons. The molecule has 1 aliphatic rings. The number of alkyl halides is 1. The smallest absolute Gasteiger partial charge is 0.0296 e. The van der Waals surface area contributed by atoms with Crippen molar-refractivity contribution >= 4 is 15.9 Å². The van der Waals surface area contributed by atoms with Crippen LogP contribution in [0.2, 0.25) is 0 Å². The zero-order valence-electron chi connectivity index (χ0n) is 4.23. The molecule has 0 saturated heterocycles. The first-order valence-electron chi connectivity index (χ1n) is 2.68. The molecule has 0 aliphatic heterocycles. The van der Waals surface area contributed by atoms with Crippen LogP contribution < -0.4 is 5.73 Å². The summed E-state index contributed by atoms with van der Waals surface area (Å²) in [7, 11) is 0. The summed E-state index contributed by atoms with van der Waals surface area (Å²) in [5, 5.41) is 0. The molecule has 1 saturated carbocycles. The largest absolute Gasteiger partial charge is 0.329 e. The summed E-state index contributed by atoms with van der Waals surface area (Å²) in [6, 6.07) is 0. The van der Waals surface area contributed by atoms with Gasteiger partial charge in [0.1, 0.15) is 0 Å². The van der Waals surface area contributed by atoms with Gasteiger partial charge in [-0.15, -0.1) is 0 Å². The molecule has 0 aromatic rings. The van der Waals surface area contributed by atoms with Crippen molar-refractivity contribution in [1.82, 2.24) is 0 Å². The van der Waals surface area contributed by atoms with Gasteiger partial charge in [-0.3, -0.25) is 0 Å². The van der Waals surface area contributed by atoms with E-state index in [9.17, 15) is 0 Å². The molecule has 0 amide bonds. The topological polar surface area (TPSA) is 26.0 Å². The minimum absolute atomic E-state index is 0.604. The maximum Gasteiger partial charge on any atom is 0.0296 e. The first-order valence-corrected chi connectivity index (χ1v) is 3.60. The number of halogens is 1. The standard InChI is InChI=1S/C5H10BrN/c6-5(3-7)4-1-2-4/h4-5H,1-3,7H2. The molecule has 42 valence electrons. The van der Waals surface area contributed by atoms with Crippen molar-refractivity contribution in [2.24, 2.45) is 11.7 Å². The SMILES string of the molecule is NCC(Br)C1CC1. The summed E-state index contributed by atoms with van der Waals surface area (Å²) in [4.78, 5) is 0.604. The molecule has 1 fully saturated rings. The van der Waals surface area contributed by atoms with Gasteiger partial charge in [-0.05, 0) is 18.8 Å². The second kappa shape index (κ2) is 2.14. The molecule has 1 aliphatic carbocycles. The predicted molar refractivity (Wildman–Crippen MR) is 34.5 cm³/mol. The van der Waals surface area contributed by atoms with Crippen LogP contribution in [-0.4, -0.2) is 11.4 Å². The van der Waals surface area contributed by atoms with Crippen LogP contribution in [0.1, 0.15) is 12.8 Å². The van der Waals surface area contributed by atoms with E-state index < -0.39 is 0 Å². The average molecular weight is 164 g/mol. The second-order valence-electron chi connectivity index (χ2n) is 2.09. The van der Waals surface area contributed by atoms with Gasteiger partial charge in [0, 0.05) is 11.4 Å². The van der Waals surface area contributed by atoms with Gasteiger partial charge in [-0.25, -0.2) is 0 Å². The highest BCUT2D eigenvalue weighted by Crippen LogP contribution is 2.35. The van der Waals surface area contributed by atoms with E-state index in [0.717, 1.165) is 12.5 Å². The molecule has 0 aromatic carbocycles. The lowest BCUT2D eigenvalue weighted by Gasteiger charge is -1.99. The fourth-order valence-electron chi connectivity index (χ4n) is 0.650. The highest BCUT2D eigenvalue weighted by molar-refractivity contribution is 9.09. The first-order chi connectivity index (χ1) is 3.34. The van der Waals surface area contributed by atoms with Crippen molar-refractivity contribution in [3.05, 3.63) is 0 Å². The van der Waals surface area contributed by atoms with Crippen molar-refractivity contribution in [2.45, 2.75) is 17.7 Å². The molecule has 0 heterocycles. The molecule has 7 heavy (non-hydrogen) atoms. The Balaban J connectivity index is 2.10. The minimum Gasteiger partial charge on any atom is -0.329 e. The fourth-order valence-corrected chi connectivity index (χ4v) is 1.18. The first kappa shape index (κ1) is 5.57. The Morgan fingerprint density at radius 3 is 2.43 bits per heavy atom. The average Bonchev–Trinajstić information content (AvgIpc) is 2.44. The summed E-state index contributed by atoms with van der Waals surface area (Å²) in [6.45, 7) is 0.796. The Hall–Kier alpha value is 0.440. The van der Waals surface area contributed by atoms with Gasteiger partial charge in [0.25, 0.3) is 0 Å². The fraction of sp³-hybridized carbons (Fsp3) is 1.00. The number of nitrogens with two attached hydrogens (primary N) is 1. The van der Waals surface area contributed by atoms with Crippen LogP contribution in [0.5, 0.6) is 0 Å². The molecule has 1 nitrogen and oxygen atoms in total. The van der Waals surface area contributed by atoms with Crippen molar-refractivity contribution in [3.8, 4) is 0 Å². The summed E-state index contributed by atoms with van der Waals surface area (Å²) in [5.74, 6) is 0.907. The maximum atomic E-state index is 5.37. The van der Waals surface area contributed by atoms with Crippen molar-refractivity contribution < 1.29 is 0 Å². The Morgan fingerprint density at radius 2 is 2.29 bits per heavy atom. The second-order valence-corrected chi connectivity index (χ2v) is 3.27. The van der Waals surface area contributed by atoms with Gasteiger partial charge >= 0.3 is 0 Å². The molecule has 2 N–H and O–H groups in total. The normalized spacial score (nSPS) is 24.9. The Kier molecular flexibility index (Phi) is 1.70. The van der Waals surface area contributed by atoms with Crippen molar-refractivity contribution in [2.75, 3.05) is 6.54 Å². The molecule has 1 unspecified atom stereocenters. The summed E-state index contributed by atoms with van der Waals surface area (Å²) < 4.78 is 0. The van der Waals surface area contributed by atoms with Crippen LogP contribution in [-0.2, 0) is 0 Å². The number of hydrogen-bond acceptors (Lipinski definition) is 1. The van der Waals surface area contributed by atoms with E-state index in [1.54, 1.807) is 0 Å². The lowest BCUT2D eigenvalue weighted by molar-refractivity contribution is 0.772. The van der Waals surface area contributed by atoms with E-state index in [1.807, 2.05) is 0 Å². The lowest BCUT2D eigenvalue weighted by Crippen LogP contribution is -2.14. The maximum absolute atomic E-state index is 5.37. The van der Waals surface area contributed by atoms with Crippen LogP contribution in [0.3, 0.4) is 0 Å². The molecule has 0 aromatic heterocycles. The summed E-state index contributed by atoms with van der Waals surface area (Å²) in [5.41, 5.74) is 5.37. The van der Waals surface area contributed by atoms with Gasteiger partial charge in [0.15, 0.2) is 0 Å². The van der Waals surface area contributed by atoms with Crippen LogP contribution >= 0.6 is 15.9 Å². The number of rotatable bonds is 2. The predicted octanol–water partition coefficient (Wildman–Crippen LogP) is 1.12. The Bertz CT molecular complexity index is 61.1. The van der Waals surface area contributed by atoms with Gasteiger partial charge in [0.05, 0.1) is 0 Å². The van der Waals surface area contributed by atoms with E-state index in [2.05, 4.69) is 15.9 Å². The molecule has 2 heteroatoms. The van der Waals surface area contributed by atoms with Gasteiger partial charge in [-0.2, -0.15) is 0 Å². The summed E-state index contributed by atoms with van der Waals surface area (Å²) >= 11 is 3.48.